The summed E-state index contributed by atoms with van der Waals surface area (Å²) >= 11 is 0. The quantitative estimate of drug-likeness (QED) is 0.372. The van der Waals surface area contributed by atoms with Crippen molar-refractivity contribution in [3.63, 3.8) is 0 Å². The second kappa shape index (κ2) is 8.17. The summed E-state index contributed by atoms with van der Waals surface area (Å²) in [5.74, 6) is -1.43. The van der Waals surface area contributed by atoms with Crippen LogP contribution in [0, 0.1) is 5.92 Å². The third-order valence-corrected chi connectivity index (χ3v) is 6.36. The zero-order valence-electron chi connectivity index (χ0n) is 18.3. The van der Waals surface area contributed by atoms with Crippen molar-refractivity contribution in [3.05, 3.63) is 72.2 Å². The van der Waals surface area contributed by atoms with Gasteiger partial charge in [0.25, 0.3) is 6.43 Å². The summed E-state index contributed by atoms with van der Waals surface area (Å²) < 4.78 is 32.8. The molecular formula is C24H23F2N5O3. The normalized spacial score (nSPS) is 22.0. The Morgan fingerprint density at radius 3 is 2.65 bits per heavy atom. The minimum atomic E-state index is -2.69. The fraction of sp³-hybridized carbons (Fsp3) is 0.292. The summed E-state index contributed by atoms with van der Waals surface area (Å²) in [5, 5.41) is 26.2. The zero-order chi connectivity index (χ0) is 24.1. The molecule has 4 aromatic rings. The molecule has 1 aromatic carbocycles. The van der Waals surface area contributed by atoms with E-state index in [0.717, 1.165) is 10.9 Å². The summed E-state index contributed by atoms with van der Waals surface area (Å²) in [6.45, 7) is 0. The predicted octanol–water partition coefficient (Wildman–Crippen LogP) is 3.27. The highest BCUT2D eigenvalue weighted by Gasteiger charge is 2.52. The number of benzene rings is 1. The highest BCUT2D eigenvalue weighted by molar-refractivity contribution is 5.84. The number of pyridine rings is 2. The van der Waals surface area contributed by atoms with Gasteiger partial charge in [0.1, 0.15) is 5.69 Å². The van der Waals surface area contributed by atoms with Gasteiger partial charge in [-0.25, -0.2) is 23.4 Å². The van der Waals surface area contributed by atoms with Crippen LogP contribution in [0.4, 0.5) is 8.78 Å². The first-order chi connectivity index (χ1) is 16.2. The van der Waals surface area contributed by atoms with Gasteiger partial charge in [-0.3, -0.25) is 5.73 Å². The van der Waals surface area contributed by atoms with Crippen molar-refractivity contribution in [1.82, 2.24) is 19.7 Å². The van der Waals surface area contributed by atoms with E-state index < -0.39 is 23.9 Å². The largest absolute Gasteiger partial charge is 0.370 e. The number of aliphatic hydroxyl groups is 2. The molecule has 34 heavy (non-hydrogen) atoms. The standard InChI is InChI=1S/C24H23F2N5O3/c1-34-23(32)11-16(12-23)24(27,33)20-6-2-4-17(29-20)14-8-9-15-13-28-31(19(15)10-14)21-7-3-5-18(30-21)22(25)26/h2-10,13,16,22,32-33H,11-12,27H2,1H3/t16-,23-,24-/m0/s1. The third-order valence-electron chi connectivity index (χ3n) is 6.36. The summed E-state index contributed by atoms with van der Waals surface area (Å²) in [7, 11) is 1.41. The van der Waals surface area contributed by atoms with Gasteiger partial charge in [-0.1, -0.05) is 24.3 Å². The Morgan fingerprint density at radius 1 is 1.15 bits per heavy atom. The lowest BCUT2D eigenvalue weighted by molar-refractivity contribution is -0.281. The number of nitrogens with zero attached hydrogens (tertiary/aromatic N) is 4. The van der Waals surface area contributed by atoms with E-state index in [0.29, 0.717) is 11.2 Å². The van der Waals surface area contributed by atoms with Gasteiger partial charge < -0.3 is 14.9 Å². The molecule has 10 heteroatoms. The van der Waals surface area contributed by atoms with E-state index in [1.165, 1.54) is 23.9 Å². The van der Waals surface area contributed by atoms with E-state index in [1.807, 2.05) is 18.2 Å². The summed E-state index contributed by atoms with van der Waals surface area (Å²) in [5.41, 5.74) is 6.37. The van der Waals surface area contributed by atoms with E-state index in [2.05, 4.69) is 15.1 Å². The maximum Gasteiger partial charge on any atom is 0.280 e. The van der Waals surface area contributed by atoms with Gasteiger partial charge in [0.15, 0.2) is 17.3 Å². The molecular weight excluding hydrogens is 444 g/mol. The average Bonchev–Trinajstić information content (AvgIpc) is 3.25. The molecule has 0 amide bonds. The van der Waals surface area contributed by atoms with E-state index in [-0.39, 0.29) is 30.0 Å². The Bertz CT molecular complexity index is 1350. The van der Waals surface area contributed by atoms with Gasteiger partial charge in [0.2, 0.25) is 0 Å². The van der Waals surface area contributed by atoms with E-state index in [4.69, 9.17) is 10.5 Å². The molecule has 1 atom stereocenters. The molecule has 0 aliphatic heterocycles. The molecule has 0 bridgehead atoms. The first kappa shape index (κ1) is 22.5. The maximum atomic E-state index is 13.1. The number of nitrogens with two attached hydrogens (primary N) is 1. The lowest BCUT2D eigenvalue weighted by atomic mass is 9.71. The third kappa shape index (κ3) is 3.84. The molecule has 176 valence electrons. The minimum absolute atomic E-state index is 0.193. The van der Waals surface area contributed by atoms with Crippen LogP contribution in [0.5, 0.6) is 0 Å². The van der Waals surface area contributed by atoms with Crippen molar-refractivity contribution in [1.29, 1.82) is 0 Å². The molecule has 3 aromatic heterocycles. The van der Waals surface area contributed by atoms with Crippen LogP contribution in [-0.2, 0) is 10.5 Å². The van der Waals surface area contributed by atoms with Crippen LogP contribution in [0.3, 0.4) is 0 Å². The number of alkyl halides is 2. The van der Waals surface area contributed by atoms with Crippen molar-refractivity contribution in [2.75, 3.05) is 7.11 Å². The lowest BCUT2D eigenvalue weighted by Gasteiger charge is -2.47. The molecule has 8 nitrogen and oxygen atoms in total. The van der Waals surface area contributed by atoms with Crippen LogP contribution in [0.15, 0.2) is 60.8 Å². The van der Waals surface area contributed by atoms with E-state index in [1.54, 1.807) is 30.5 Å². The number of fused-ring (bicyclic) bond motifs is 1. The van der Waals surface area contributed by atoms with Gasteiger partial charge in [-0.2, -0.15) is 5.10 Å². The topological polar surface area (TPSA) is 119 Å². The monoisotopic (exact) mass is 467 g/mol. The smallest absolute Gasteiger partial charge is 0.280 e. The van der Waals surface area contributed by atoms with E-state index >= 15 is 0 Å². The fourth-order valence-corrected chi connectivity index (χ4v) is 4.26. The number of methoxy groups -OCH3 is 1. The minimum Gasteiger partial charge on any atom is -0.370 e. The van der Waals surface area contributed by atoms with Gasteiger partial charge >= 0.3 is 0 Å². The van der Waals surface area contributed by atoms with Crippen LogP contribution >= 0.6 is 0 Å². The molecule has 4 N–H and O–H groups in total. The van der Waals surface area contributed by atoms with Gasteiger partial charge in [0, 0.05) is 36.8 Å². The number of halogens is 2. The van der Waals surface area contributed by atoms with Gasteiger partial charge in [-0.15, -0.1) is 0 Å². The first-order valence-electron chi connectivity index (χ1n) is 10.7. The second-order valence-corrected chi connectivity index (χ2v) is 8.54. The molecule has 0 unspecified atom stereocenters. The number of ether oxygens (including phenoxy) is 1. The Morgan fingerprint density at radius 2 is 1.91 bits per heavy atom. The van der Waals surface area contributed by atoms with Crippen molar-refractivity contribution in [3.8, 4) is 17.1 Å². The molecule has 1 saturated carbocycles. The number of aromatic nitrogens is 4. The molecule has 3 heterocycles. The van der Waals surface area contributed by atoms with Crippen LogP contribution in [0.25, 0.3) is 28.0 Å². The molecule has 1 fully saturated rings. The van der Waals surface area contributed by atoms with Crippen LogP contribution < -0.4 is 5.73 Å². The van der Waals surface area contributed by atoms with Crippen LogP contribution in [0.1, 0.15) is 30.7 Å². The summed E-state index contributed by atoms with van der Waals surface area (Å²) in [4.78, 5) is 8.60. The summed E-state index contributed by atoms with van der Waals surface area (Å²) in [6.07, 6.45) is -0.669. The molecule has 1 aliphatic carbocycles. The highest BCUT2D eigenvalue weighted by Crippen LogP contribution is 2.46. The van der Waals surface area contributed by atoms with Gasteiger partial charge in [-0.05, 0) is 30.3 Å². The Hall–Kier alpha value is -3.31. The number of hydrogen-bond acceptors (Lipinski definition) is 7. The van der Waals surface area contributed by atoms with Crippen LogP contribution in [-0.4, -0.2) is 42.9 Å². The fourth-order valence-electron chi connectivity index (χ4n) is 4.26. The first-order valence-corrected chi connectivity index (χ1v) is 10.7. The molecule has 5 rings (SSSR count). The molecule has 1 aliphatic rings. The summed E-state index contributed by atoms with van der Waals surface area (Å²) in [6, 6.07) is 15.1. The SMILES string of the molecule is CO[C@]1(O)C[C@@H]([C@](N)(O)c2cccc(-c3ccc4cnn(-c5cccc(C(F)F)n5)c4c3)n2)C1. The Balaban J connectivity index is 1.50. The molecule has 0 radical (unpaired) electrons. The average molecular weight is 467 g/mol. The lowest BCUT2D eigenvalue weighted by Crippen LogP contribution is -2.57. The van der Waals surface area contributed by atoms with Crippen molar-refractivity contribution >= 4 is 10.9 Å². The zero-order valence-corrected chi connectivity index (χ0v) is 18.3. The predicted molar refractivity (Wildman–Crippen MR) is 120 cm³/mol. The van der Waals surface area contributed by atoms with Crippen molar-refractivity contribution < 1.29 is 23.7 Å². The Labute approximate surface area is 193 Å². The number of hydrogen-bond donors (Lipinski definition) is 3. The Kier molecular flexibility index (Phi) is 5.40. The van der Waals surface area contributed by atoms with Crippen molar-refractivity contribution in [2.45, 2.75) is 30.8 Å². The van der Waals surface area contributed by atoms with Crippen LogP contribution in [0.2, 0.25) is 0 Å². The van der Waals surface area contributed by atoms with E-state index in [9.17, 15) is 19.0 Å². The maximum absolute atomic E-state index is 13.1. The molecule has 0 spiro atoms. The molecule has 0 saturated heterocycles. The second-order valence-electron chi connectivity index (χ2n) is 8.54. The number of rotatable bonds is 6. The van der Waals surface area contributed by atoms with Gasteiger partial charge in [0.05, 0.1) is 23.1 Å². The highest BCUT2D eigenvalue weighted by atomic mass is 19.3. The van der Waals surface area contributed by atoms with Crippen molar-refractivity contribution in [2.24, 2.45) is 11.7 Å².